The fourth-order valence-corrected chi connectivity index (χ4v) is 4.47. The minimum Gasteiger partial charge on any atom is -0.278 e. The molecule has 2 aromatic rings. The van der Waals surface area contributed by atoms with Gasteiger partial charge in [0, 0.05) is 5.02 Å². The molecule has 0 bridgehead atoms. The van der Waals surface area contributed by atoms with Crippen molar-refractivity contribution < 1.29 is 8.42 Å². The first-order valence-electron chi connectivity index (χ1n) is 5.19. The first-order valence-corrected chi connectivity index (χ1v) is 8.24. The van der Waals surface area contributed by atoms with E-state index in [4.69, 9.17) is 28.5 Å². The van der Waals surface area contributed by atoms with Gasteiger partial charge in [-0.15, -0.1) is 0 Å². The molecule has 1 N–H and O–H groups in total. The first-order chi connectivity index (χ1) is 9.33. The summed E-state index contributed by atoms with van der Waals surface area (Å²) in [6, 6.07) is 6.21. The Morgan fingerprint density at radius 3 is 2.65 bits per heavy atom. The zero-order valence-corrected chi connectivity index (χ0v) is 13.2. The van der Waals surface area contributed by atoms with Crippen LogP contribution in [0.25, 0.3) is 0 Å². The van der Waals surface area contributed by atoms with Crippen LogP contribution >= 0.6 is 34.5 Å². The monoisotopic (exact) mass is 347 g/mol. The van der Waals surface area contributed by atoms with E-state index in [2.05, 4.69) is 9.71 Å². The van der Waals surface area contributed by atoms with Gasteiger partial charge in [-0.2, -0.15) is 5.26 Å². The van der Waals surface area contributed by atoms with Gasteiger partial charge in [-0.1, -0.05) is 34.5 Å². The number of hydrogen-bond acceptors (Lipinski definition) is 5. The summed E-state index contributed by atoms with van der Waals surface area (Å²) in [6.07, 6.45) is 0. The number of rotatable bonds is 3. The number of benzene rings is 1. The smallest absolute Gasteiger partial charge is 0.273 e. The number of nitrogens with one attached hydrogen (secondary N) is 1. The second-order valence-electron chi connectivity index (χ2n) is 3.75. The number of halogens is 2. The van der Waals surface area contributed by atoms with Crippen LogP contribution < -0.4 is 4.72 Å². The largest absolute Gasteiger partial charge is 0.278 e. The fraction of sp³-hybridized carbons (Fsp3) is 0.0909. The summed E-state index contributed by atoms with van der Waals surface area (Å²) in [7, 11) is -3.86. The Labute approximate surface area is 129 Å². The van der Waals surface area contributed by atoms with Crippen molar-refractivity contribution in [2.24, 2.45) is 0 Å². The Balaban J connectivity index is 2.46. The standard InChI is InChI=1S/C11H7Cl2N3O2S2/c1-6-10(19-11(13)15-6)20(17,18)16-9-4-8(12)3-2-7(9)5-14/h2-4,16H,1H3. The van der Waals surface area contributed by atoms with E-state index in [-0.39, 0.29) is 19.9 Å². The third-order valence-corrected chi connectivity index (χ3v) is 5.79. The first kappa shape index (κ1) is 15.1. The molecular weight excluding hydrogens is 341 g/mol. The van der Waals surface area contributed by atoms with Crippen molar-refractivity contribution in [2.45, 2.75) is 11.1 Å². The number of sulfonamides is 1. The highest BCUT2D eigenvalue weighted by atomic mass is 35.5. The summed E-state index contributed by atoms with van der Waals surface area (Å²) in [6.45, 7) is 1.54. The summed E-state index contributed by atoms with van der Waals surface area (Å²) >= 11 is 12.4. The Bertz CT molecular complexity index is 810. The van der Waals surface area contributed by atoms with Gasteiger partial charge in [0.2, 0.25) is 0 Å². The molecule has 1 aromatic heterocycles. The number of anilines is 1. The molecule has 0 unspecified atom stereocenters. The lowest BCUT2D eigenvalue weighted by molar-refractivity contribution is 0.602. The molecule has 9 heteroatoms. The lowest BCUT2D eigenvalue weighted by Crippen LogP contribution is -2.13. The lowest BCUT2D eigenvalue weighted by Gasteiger charge is -2.08. The normalized spacial score (nSPS) is 11.1. The number of aryl methyl sites for hydroxylation is 1. The zero-order valence-electron chi connectivity index (χ0n) is 10.0. The van der Waals surface area contributed by atoms with E-state index in [0.29, 0.717) is 10.7 Å². The predicted octanol–water partition coefficient (Wildman–Crippen LogP) is 3.43. The van der Waals surface area contributed by atoms with Gasteiger partial charge >= 0.3 is 0 Å². The van der Waals surface area contributed by atoms with Gasteiger partial charge in [-0.05, 0) is 25.1 Å². The van der Waals surface area contributed by atoms with Crippen molar-refractivity contribution in [1.82, 2.24) is 4.98 Å². The zero-order chi connectivity index (χ0) is 14.9. The van der Waals surface area contributed by atoms with Crippen LogP contribution in [0.5, 0.6) is 0 Å². The average Bonchev–Trinajstić information content (AvgIpc) is 2.69. The molecule has 0 amide bonds. The molecule has 5 nitrogen and oxygen atoms in total. The maximum Gasteiger partial charge on any atom is 0.273 e. The minimum absolute atomic E-state index is 0.00589. The molecular formula is C11H7Cl2N3O2S2. The Kier molecular flexibility index (Phi) is 4.20. The summed E-state index contributed by atoms with van der Waals surface area (Å²) in [5, 5.41) is 9.30. The van der Waals surface area contributed by atoms with Crippen LogP contribution in [0.3, 0.4) is 0 Å². The predicted molar refractivity (Wildman–Crippen MR) is 78.8 cm³/mol. The molecule has 0 aliphatic heterocycles. The van der Waals surface area contributed by atoms with E-state index in [1.165, 1.54) is 18.2 Å². The number of nitrogens with zero attached hydrogens (tertiary/aromatic N) is 2. The summed E-state index contributed by atoms with van der Waals surface area (Å²) in [5.74, 6) is 0. The van der Waals surface area contributed by atoms with Gasteiger partial charge in [0.25, 0.3) is 10.0 Å². The number of thiazole rings is 1. The van der Waals surface area contributed by atoms with Crippen LogP contribution in [0.15, 0.2) is 22.4 Å². The highest BCUT2D eigenvalue weighted by Gasteiger charge is 2.22. The van der Waals surface area contributed by atoms with Gasteiger partial charge in [0.05, 0.1) is 16.9 Å². The number of hydrogen-bond donors (Lipinski definition) is 1. The number of nitriles is 1. The van der Waals surface area contributed by atoms with Crippen molar-refractivity contribution in [3.8, 4) is 6.07 Å². The highest BCUT2D eigenvalue weighted by molar-refractivity contribution is 7.94. The van der Waals surface area contributed by atoms with E-state index < -0.39 is 10.0 Å². The topological polar surface area (TPSA) is 82.8 Å². The van der Waals surface area contributed by atoms with Crippen molar-refractivity contribution in [3.05, 3.63) is 38.9 Å². The lowest BCUT2D eigenvalue weighted by atomic mass is 10.2. The van der Waals surface area contributed by atoms with Crippen LogP contribution in [0.2, 0.25) is 9.49 Å². The second kappa shape index (κ2) is 5.58. The van der Waals surface area contributed by atoms with Crippen LogP contribution in [-0.4, -0.2) is 13.4 Å². The molecule has 0 spiro atoms. The van der Waals surface area contributed by atoms with Gasteiger partial charge < -0.3 is 0 Å². The van der Waals surface area contributed by atoms with E-state index in [9.17, 15) is 8.42 Å². The van der Waals surface area contributed by atoms with Crippen molar-refractivity contribution in [2.75, 3.05) is 4.72 Å². The SMILES string of the molecule is Cc1nc(Cl)sc1S(=O)(=O)Nc1cc(Cl)ccc1C#N. The Morgan fingerprint density at radius 1 is 1.40 bits per heavy atom. The quantitative estimate of drug-likeness (QED) is 0.921. The fourth-order valence-electron chi connectivity index (χ4n) is 1.49. The van der Waals surface area contributed by atoms with Crippen molar-refractivity contribution >= 4 is 50.2 Å². The Morgan fingerprint density at radius 2 is 2.10 bits per heavy atom. The molecule has 0 atom stereocenters. The van der Waals surface area contributed by atoms with Gasteiger partial charge in [0.1, 0.15) is 6.07 Å². The van der Waals surface area contributed by atoms with E-state index in [1.54, 1.807) is 6.92 Å². The summed E-state index contributed by atoms with van der Waals surface area (Å²) in [5.41, 5.74) is 0.586. The molecule has 1 aromatic carbocycles. The summed E-state index contributed by atoms with van der Waals surface area (Å²) < 4.78 is 27.0. The van der Waals surface area contributed by atoms with Gasteiger partial charge in [0.15, 0.2) is 8.68 Å². The van der Waals surface area contributed by atoms with Crippen LogP contribution in [0, 0.1) is 18.3 Å². The second-order valence-corrected chi connectivity index (χ2v) is 7.64. The Hall–Kier alpha value is -1.33. The molecule has 0 aliphatic rings. The highest BCUT2D eigenvalue weighted by Crippen LogP contribution is 2.30. The average molecular weight is 348 g/mol. The van der Waals surface area contributed by atoms with Crippen LogP contribution in [0.1, 0.15) is 11.3 Å². The number of aromatic nitrogens is 1. The van der Waals surface area contributed by atoms with Crippen LogP contribution in [-0.2, 0) is 10.0 Å². The molecule has 0 fully saturated rings. The van der Waals surface area contributed by atoms with E-state index in [0.717, 1.165) is 11.3 Å². The minimum atomic E-state index is -3.86. The molecule has 1 heterocycles. The third kappa shape index (κ3) is 3.04. The molecule has 0 saturated heterocycles. The van der Waals surface area contributed by atoms with Gasteiger partial charge in [-0.25, -0.2) is 13.4 Å². The van der Waals surface area contributed by atoms with Crippen LogP contribution in [0.4, 0.5) is 5.69 Å². The third-order valence-electron chi connectivity index (χ3n) is 2.32. The maximum absolute atomic E-state index is 12.3. The van der Waals surface area contributed by atoms with Crippen molar-refractivity contribution in [1.29, 1.82) is 5.26 Å². The van der Waals surface area contributed by atoms with E-state index in [1.807, 2.05) is 6.07 Å². The molecule has 104 valence electrons. The van der Waals surface area contributed by atoms with Crippen molar-refractivity contribution in [3.63, 3.8) is 0 Å². The summed E-state index contributed by atoms with van der Waals surface area (Å²) in [4.78, 5) is 3.85. The van der Waals surface area contributed by atoms with E-state index >= 15 is 0 Å². The molecule has 20 heavy (non-hydrogen) atoms. The molecule has 0 aliphatic carbocycles. The molecule has 0 radical (unpaired) electrons. The maximum atomic E-state index is 12.3. The van der Waals surface area contributed by atoms with Gasteiger partial charge in [-0.3, -0.25) is 4.72 Å². The molecule has 2 rings (SSSR count). The molecule has 0 saturated carbocycles.